The van der Waals surface area contributed by atoms with Crippen molar-refractivity contribution in [2.45, 2.75) is 69.8 Å². The van der Waals surface area contributed by atoms with Gasteiger partial charge in [0.2, 0.25) is 0 Å². The van der Waals surface area contributed by atoms with Crippen molar-refractivity contribution >= 4 is 5.91 Å². The van der Waals surface area contributed by atoms with Gasteiger partial charge in [-0.3, -0.25) is 4.79 Å². The van der Waals surface area contributed by atoms with Gasteiger partial charge in [0.15, 0.2) is 0 Å². The number of rotatable bonds is 3. The van der Waals surface area contributed by atoms with Gasteiger partial charge in [-0.1, -0.05) is 26.8 Å². The Labute approximate surface area is 148 Å². The van der Waals surface area contributed by atoms with Crippen molar-refractivity contribution in [2.75, 3.05) is 0 Å². The molecule has 2 rings (SSSR count). The summed E-state index contributed by atoms with van der Waals surface area (Å²) in [7, 11) is 0. The second-order valence-electron chi connectivity index (χ2n) is 7.87. The topological polar surface area (TPSA) is 29.1 Å². The standard InChI is InChI=1S/C18H21F6NO/c1-10(17(19,20)21)25-14(26)11-7-12(15(2,3)4)9-13(8-11)16(5-6-16)18(22,23)24/h7-10H,5-6H2,1-4H3,(H,25,26). The molecule has 2 nitrogen and oxygen atoms in total. The summed E-state index contributed by atoms with van der Waals surface area (Å²) < 4.78 is 78.4. The Morgan fingerprint density at radius 1 is 1.04 bits per heavy atom. The molecule has 0 bridgehead atoms. The molecule has 1 atom stereocenters. The maximum absolute atomic E-state index is 13.5. The minimum absolute atomic E-state index is 0.0674. The average molecular weight is 381 g/mol. The van der Waals surface area contributed by atoms with E-state index in [1.165, 1.54) is 12.1 Å². The van der Waals surface area contributed by atoms with Crippen molar-refractivity contribution in [1.82, 2.24) is 5.32 Å². The lowest BCUT2D eigenvalue weighted by molar-refractivity contribution is -0.160. The van der Waals surface area contributed by atoms with Gasteiger partial charge < -0.3 is 5.32 Å². The molecule has 146 valence electrons. The lowest BCUT2D eigenvalue weighted by Gasteiger charge is -2.26. The molecule has 1 unspecified atom stereocenters. The van der Waals surface area contributed by atoms with E-state index in [-0.39, 0.29) is 24.0 Å². The highest BCUT2D eigenvalue weighted by atomic mass is 19.4. The number of halogens is 6. The molecule has 1 N–H and O–H groups in total. The van der Waals surface area contributed by atoms with E-state index < -0.39 is 35.1 Å². The number of hydrogen-bond donors (Lipinski definition) is 1. The molecule has 0 spiro atoms. The van der Waals surface area contributed by atoms with Crippen molar-refractivity contribution in [3.05, 3.63) is 34.9 Å². The summed E-state index contributed by atoms with van der Waals surface area (Å²) in [6.07, 6.45) is -9.30. The van der Waals surface area contributed by atoms with Crippen LogP contribution in [0.5, 0.6) is 0 Å². The zero-order valence-corrected chi connectivity index (χ0v) is 14.9. The third-order valence-corrected chi connectivity index (χ3v) is 4.75. The predicted octanol–water partition coefficient (Wildman–Crippen LogP) is 5.26. The van der Waals surface area contributed by atoms with Gasteiger partial charge in [0.25, 0.3) is 5.91 Å². The molecule has 0 aromatic heterocycles. The molecular formula is C18H21F6NO. The molecule has 0 saturated heterocycles. The number of carbonyl (C=O) groups excluding carboxylic acids is 1. The Kier molecular flexibility index (Phi) is 4.88. The molecule has 1 aliphatic rings. The molecule has 8 heteroatoms. The fourth-order valence-electron chi connectivity index (χ4n) is 2.69. The van der Waals surface area contributed by atoms with Gasteiger partial charge in [-0.05, 0) is 48.4 Å². The van der Waals surface area contributed by atoms with Crippen LogP contribution in [0.2, 0.25) is 0 Å². The quantitative estimate of drug-likeness (QED) is 0.711. The first-order valence-electron chi connectivity index (χ1n) is 8.18. The Bertz CT molecular complexity index is 695. The maximum atomic E-state index is 13.5. The van der Waals surface area contributed by atoms with E-state index in [4.69, 9.17) is 0 Å². The van der Waals surface area contributed by atoms with Crippen molar-refractivity contribution in [3.8, 4) is 0 Å². The Balaban J connectivity index is 2.47. The van der Waals surface area contributed by atoms with E-state index in [0.29, 0.717) is 5.56 Å². The van der Waals surface area contributed by atoms with Crippen molar-refractivity contribution in [1.29, 1.82) is 0 Å². The predicted molar refractivity (Wildman–Crippen MR) is 85.1 cm³/mol. The van der Waals surface area contributed by atoms with Crippen LogP contribution in [-0.2, 0) is 10.8 Å². The molecule has 0 heterocycles. The van der Waals surface area contributed by atoms with Crippen LogP contribution in [-0.4, -0.2) is 24.3 Å². The fourth-order valence-corrected chi connectivity index (χ4v) is 2.69. The Morgan fingerprint density at radius 3 is 1.96 bits per heavy atom. The zero-order chi connectivity index (χ0) is 20.1. The van der Waals surface area contributed by atoms with Gasteiger partial charge in [0.05, 0.1) is 5.41 Å². The molecule has 1 aliphatic carbocycles. The summed E-state index contributed by atoms with van der Waals surface area (Å²) in [6.45, 7) is 6.07. The minimum atomic E-state index is -4.64. The molecule has 1 aromatic rings. The first-order chi connectivity index (χ1) is 11.6. The molecule has 26 heavy (non-hydrogen) atoms. The summed E-state index contributed by atoms with van der Waals surface area (Å²) in [5.74, 6) is -1.04. The van der Waals surface area contributed by atoms with Crippen molar-refractivity contribution in [3.63, 3.8) is 0 Å². The maximum Gasteiger partial charge on any atom is 0.408 e. The number of nitrogens with one attached hydrogen (secondary N) is 1. The average Bonchev–Trinajstić information content (AvgIpc) is 3.25. The van der Waals surface area contributed by atoms with Gasteiger partial charge in [0.1, 0.15) is 6.04 Å². The van der Waals surface area contributed by atoms with E-state index in [9.17, 15) is 31.1 Å². The highest BCUT2D eigenvalue weighted by Crippen LogP contribution is 2.59. The van der Waals surface area contributed by atoms with Gasteiger partial charge in [0, 0.05) is 5.56 Å². The third kappa shape index (κ3) is 3.99. The van der Waals surface area contributed by atoms with Crippen LogP contribution < -0.4 is 5.32 Å². The summed E-state index contributed by atoms with van der Waals surface area (Å²) in [5.41, 5.74) is -2.38. The molecule has 0 aliphatic heterocycles. The zero-order valence-electron chi connectivity index (χ0n) is 14.9. The summed E-state index contributed by atoms with van der Waals surface area (Å²) >= 11 is 0. The molecule has 1 aromatic carbocycles. The number of alkyl halides is 6. The number of carbonyl (C=O) groups is 1. The molecule has 1 amide bonds. The van der Waals surface area contributed by atoms with Crippen LogP contribution in [0.1, 0.15) is 62.0 Å². The number of amides is 1. The summed E-state index contributed by atoms with van der Waals surface area (Å²) in [6, 6.07) is 1.72. The molecule has 1 fully saturated rings. The van der Waals surface area contributed by atoms with E-state index in [0.717, 1.165) is 13.0 Å². The van der Waals surface area contributed by atoms with Gasteiger partial charge in [-0.2, -0.15) is 26.3 Å². The number of benzene rings is 1. The SMILES string of the molecule is CC(NC(=O)c1cc(C(C)(C)C)cc(C2(C(F)(F)F)CC2)c1)C(F)(F)F. The summed E-state index contributed by atoms with van der Waals surface area (Å²) in [5, 5.41) is 1.81. The van der Waals surface area contributed by atoms with Crippen LogP contribution in [0.3, 0.4) is 0 Å². The first kappa shape index (κ1) is 20.6. The number of hydrogen-bond acceptors (Lipinski definition) is 1. The monoisotopic (exact) mass is 381 g/mol. The molecular weight excluding hydrogens is 360 g/mol. The fraction of sp³-hybridized carbons (Fsp3) is 0.611. The van der Waals surface area contributed by atoms with E-state index >= 15 is 0 Å². The van der Waals surface area contributed by atoms with Gasteiger partial charge in [-0.15, -0.1) is 0 Å². The molecule has 1 saturated carbocycles. The van der Waals surface area contributed by atoms with Crippen LogP contribution >= 0.6 is 0 Å². The second kappa shape index (κ2) is 6.16. The minimum Gasteiger partial charge on any atom is -0.341 e. The third-order valence-electron chi connectivity index (χ3n) is 4.75. The smallest absolute Gasteiger partial charge is 0.341 e. The normalized spacial score (nSPS) is 18.4. The Morgan fingerprint density at radius 2 is 1.58 bits per heavy atom. The highest BCUT2D eigenvalue weighted by Gasteiger charge is 2.64. The van der Waals surface area contributed by atoms with E-state index in [2.05, 4.69) is 0 Å². The first-order valence-corrected chi connectivity index (χ1v) is 8.18. The van der Waals surface area contributed by atoms with Crippen LogP contribution in [0.4, 0.5) is 26.3 Å². The van der Waals surface area contributed by atoms with Crippen LogP contribution in [0, 0.1) is 0 Å². The summed E-state index contributed by atoms with van der Waals surface area (Å²) in [4.78, 5) is 12.2. The molecule has 0 radical (unpaired) electrons. The van der Waals surface area contributed by atoms with Crippen LogP contribution in [0.15, 0.2) is 18.2 Å². The van der Waals surface area contributed by atoms with Gasteiger partial charge in [-0.25, -0.2) is 0 Å². The van der Waals surface area contributed by atoms with Crippen LogP contribution in [0.25, 0.3) is 0 Å². The van der Waals surface area contributed by atoms with Gasteiger partial charge >= 0.3 is 12.4 Å². The Hall–Kier alpha value is -1.73. The second-order valence-corrected chi connectivity index (χ2v) is 7.87. The highest BCUT2D eigenvalue weighted by molar-refractivity contribution is 5.95. The largest absolute Gasteiger partial charge is 0.408 e. The van der Waals surface area contributed by atoms with Crippen molar-refractivity contribution < 1.29 is 31.1 Å². The van der Waals surface area contributed by atoms with E-state index in [1.54, 1.807) is 20.8 Å². The van der Waals surface area contributed by atoms with E-state index in [1.807, 2.05) is 5.32 Å². The van der Waals surface area contributed by atoms with Crippen molar-refractivity contribution in [2.24, 2.45) is 0 Å². The lowest BCUT2D eigenvalue weighted by atomic mass is 9.82. The lowest BCUT2D eigenvalue weighted by Crippen LogP contribution is -2.43.